The third-order valence-corrected chi connectivity index (χ3v) is 2.55. The molecule has 0 fully saturated rings. The lowest BCUT2D eigenvalue weighted by Gasteiger charge is -2.32. The van der Waals surface area contributed by atoms with Crippen molar-refractivity contribution < 1.29 is 18.3 Å². The molecule has 2 atom stereocenters. The van der Waals surface area contributed by atoms with Crippen LogP contribution in [0, 0.1) is 5.92 Å². The molecule has 0 aromatic rings. The molecule has 0 spiro atoms. The van der Waals surface area contributed by atoms with E-state index in [-0.39, 0.29) is 12.3 Å². The van der Waals surface area contributed by atoms with Crippen LogP contribution in [0.1, 0.15) is 19.8 Å². The summed E-state index contributed by atoms with van der Waals surface area (Å²) in [5.74, 6) is 0.219. The van der Waals surface area contributed by atoms with Gasteiger partial charge in [-0.2, -0.15) is 13.2 Å². The highest BCUT2D eigenvalue weighted by molar-refractivity contribution is 5.27. The van der Waals surface area contributed by atoms with E-state index in [2.05, 4.69) is 6.58 Å². The summed E-state index contributed by atoms with van der Waals surface area (Å²) in [6, 6.07) is 0. The fraction of sp³-hybridized carbons (Fsp3) is 0.600. The van der Waals surface area contributed by atoms with Crippen molar-refractivity contribution in [3.8, 4) is 0 Å². The van der Waals surface area contributed by atoms with E-state index in [0.29, 0.717) is 6.42 Å². The molecule has 0 saturated heterocycles. The summed E-state index contributed by atoms with van der Waals surface area (Å²) in [5, 5.41) is 9.69. The molecule has 0 heterocycles. The number of alkyl halides is 3. The number of rotatable bonds is 1. The number of halogens is 3. The third kappa shape index (κ3) is 2.18. The summed E-state index contributed by atoms with van der Waals surface area (Å²) in [6.45, 7) is 4.82. The van der Waals surface area contributed by atoms with Gasteiger partial charge in [0.1, 0.15) is 5.60 Å². The molecule has 1 aliphatic carbocycles. The molecular weight excluding hydrogens is 193 g/mol. The van der Waals surface area contributed by atoms with Crippen LogP contribution in [-0.4, -0.2) is 16.9 Å². The van der Waals surface area contributed by atoms with Crippen molar-refractivity contribution >= 4 is 0 Å². The molecule has 1 aliphatic rings. The van der Waals surface area contributed by atoms with Crippen LogP contribution < -0.4 is 0 Å². The smallest absolute Gasteiger partial charge is 0.381 e. The van der Waals surface area contributed by atoms with Crippen molar-refractivity contribution in [2.24, 2.45) is 5.92 Å². The molecule has 0 amide bonds. The molecule has 2 unspecified atom stereocenters. The first-order valence-electron chi connectivity index (χ1n) is 4.44. The quantitative estimate of drug-likeness (QED) is 0.654. The Morgan fingerprint density at radius 2 is 2.14 bits per heavy atom. The van der Waals surface area contributed by atoms with E-state index in [1.165, 1.54) is 6.08 Å². The van der Waals surface area contributed by atoms with Crippen LogP contribution in [0.5, 0.6) is 0 Å². The summed E-state index contributed by atoms with van der Waals surface area (Å²) < 4.78 is 36.8. The zero-order valence-corrected chi connectivity index (χ0v) is 7.93. The van der Waals surface area contributed by atoms with Crippen molar-refractivity contribution in [1.82, 2.24) is 0 Å². The van der Waals surface area contributed by atoms with E-state index in [4.69, 9.17) is 0 Å². The summed E-state index contributed by atoms with van der Waals surface area (Å²) in [7, 11) is 0. The summed E-state index contributed by atoms with van der Waals surface area (Å²) in [6.07, 6.45) is -1.10. The van der Waals surface area contributed by atoms with Crippen LogP contribution in [0.4, 0.5) is 13.2 Å². The molecule has 1 nitrogen and oxygen atoms in total. The van der Waals surface area contributed by atoms with Crippen LogP contribution in [0.2, 0.25) is 0 Å². The molecule has 0 aromatic carbocycles. The molecule has 14 heavy (non-hydrogen) atoms. The minimum absolute atomic E-state index is 0.0863. The molecule has 1 rings (SSSR count). The molecule has 0 saturated carbocycles. The first-order chi connectivity index (χ1) is 6.26. The first-order valence-corrected chi connectivity index (χ1v) is 4.44. The molecule has 1 N–H and O–H groups in total. The highest BCUT2D eigenvalue weighted by Gasteiger charge is 2.45. The molecule has 0 aliphatic heterocycles. The molecule has 0 aromatic heterocycles. The third-order valence-electron chi connectivity index (χ3n) is 2.55. The number of allylic oxidation sites excluding steroid dienone is 1. The second-order valence-corrected chi connectivity index (χ2v) is 3.78. The molecule has 80 valence electrons. The van der Waals surface area contributed by atoms with Gasteiger partial charge >= 0.3 is 6.18 Å². The average Bonchev–Trinajstić information content (AvgIpc) is 2.08. The van der Waals surface area contributed by atoms with Crippen molar-refractivity contribution in [3.05, 3.63) is 24.3 Å². The van der Waals surface area contributed by atoms with Gasteiger partial charge in [0.15, 0.2) is 0 Å². The van der Waals surface area contributed by atoms with E-state index in [1.807, 2.05) is 6.92 Å². The van der Waals surface area contributed by atoms with E-state index in [0.717, 1.165) is 0 Å². The van der Waals surface area contributed by atoms with Gasteiger partial charge in [-0.15, -0.1) is 0 Å². The van der Waals surface area contributed by atoms with E-state index in [1.54, 1.807) is 6.08 Å². The van der Waals surface area contributed by atoms with E-state index in [9.17, 15) is 18.3 Å². The largest absolute Gasteiger partial charge is 0.415 e. The standard InChI is InChI=1S/C10H13F3O/c1-7-3-5-9(14,6-4-7)8(2)10(11,12)13/h3,5,7,14H,2,4,6H2,1H3. The lowest BCUT2D eigenvalue weighted by Crippen LogP contribution is -2.37. The van der Waals surface area contributed by atoms with Crippen LogP contribution in [0.15, 0.2) is 24.3 Å². The summed E-state index contributed by atoms with van der Waals surface area (Å²) in [4.78, 5) is 0. The highest BCUT2D eigenvalue weighted by atomic mass is 19.4. The van der Waals surface area contributed by atoms with Gasteiger partial charge in [-0.1, -0.05) is 25.7 Å². The zero-order valence-electron chi connectivity index (χ0n) is 7.93. The van der Waals surface area contributed by atoms with Gasteiger partial charge in [-0.25, -0.2) is 0 Å². The Kier molecular flexibility index (Phi) is 2.76. The van der Waals surface area contributed by atoms with Gasteiger partial charge in [-0.3, -0.25) is 0 Å². The molecule has 0 radical (unpaired) electrons. The Labute approximate surface area is 80.9 Å². The van der Waals surface area contributed by atoms with Crippen molar-refractivity contribution in [3.63, 3.8) is 0 Å². The normalized spacial score (nSPS) is 33.1. The average molecular weight is 206 g/mol. The lowest BCUT2D eigenvalue weighted by molar-refractivity contribution is -0.115. The predicted octanol–water partition coefficient (Wildman–Crippen LogP) is 2.82. The predicted molar refractivity (Wildman–Crippen MR) is 47.7 cm³/mol. The van der Waals surface area contributed by atoms with Gasteiger partial charge in [0.2, 0.25) is 0 Å². The first kappa shape index (κ1) is 11.3. The van der Waals surface area contributed by atoms with E-state index >= 15 is 0 Å². The monoisotopic (exact) mass is 206 g/mol. The minimum Gasteiger partial charge on any atom is -0.381 e. The van der Waals surface area contributed by atoms with Crippen molar-refractivity contribution in [1.29, 1.82) is 0 Å². The Balaban J connectivity index is 2.87. The lowest BCUT2D eigenvalue weighted by atomic mass is 9.81. The second kappa shape index (κ2) is 3.42. The topological polar surface area (TPSA) is 20.2 Å². The zero-order chi connectivity index (χ0) is 11.0. The Hall–Kier alpha value is -0.770. The second-order valence-electron chi connectivity index (χ2n) is 3.78. The fourth-order valence-electron chi connectivity index (χ4n) is 1.45. The van der Waals surface area contributed by atoms with Gasteiger partial charge in [-0.05, 0) is 18.8 Å². The Morgan fingerprint density at radius 3 is 2.50 bits per heavy atom. The van der Waals surface area contributed by atoms with Crippen LogP contribution in [-0.2, 0) is 0 Å². The maximum Gasteiger partial charge on any atom is 0.415 e. The number of aliphatic hydroxyl groups is 1. The molecular formula is C10H13F3O. The SMILES string of the molecule is C=C(C(F)(F)F)C1(O)C=CC(C)CC1. The molecule has 0 bridgehead atoms. The van der Waals surface area contributed by atoms with Gasteiger partial charge in [0, 0.05) is 0 Å². The van der Waals surface area contributed by atoms with Crippen molar-refractivity contribution in [2.45, 2.75) is 31.5 Å². The maximum atomic E-state index is 12.3. The Morgan fingerprint density at radius 1 is 1.57 bits per heavy atom. The summed E-state index contributed by atoms with van der Waals surface area (Å²) >= 11 is 0. The van der Waals surface area contributed by atoms with Crippen LogP contribution in [0.25, 0.3) is 0 Å². The summed E-state index contributed by atoms with van der Waals surface area (Å²) in [5.41, 5.74) is -2.97. The highest BCUT2D eigenvalue weighted by Crippen LogP contribution is 2.39. The number of hydrogen-bond acceptors (Lipinski definition) is 1. The van der Waals surface area contributed by atoms with Crippen molar-refractivity contribution in [2.75, 3.05) is 0 Å². The van der Waals surface area contributed by atoms with Crippen LogP contribution in [0.3, 0.4) is 0 Å². The number of hydrogen-bond donors (Lipinski definition) is 1. The van der Waals surface area contributed by atoms with Crippen LogP contribution >= 0.6 is 0 Å². The molecule has 4 heteroatoms. The maximum absolute atomic E-state index is 12.3. The van der Waals surface area contributed by atoms with E-state index < -0.39 is 17.4 Å². The van der Waals surface area contributed by atoms with Gasteiger partial charge in [0.05, 0.1) is 5.57 Å². The van der Waals surface area contributed by atoms with Gasteiger partial charge in [0.25, 0.3) is 0 Å². The Bertz CT molecular complexity index is 267. The van der Waals surface area contributed by atoms with Gasteiger partial charge < -0.3 is 5.11 Å². The fourth-order valence-corrected chi connectivity index (χ4v) is 1.45. The minimum atomic E-state index is -4.53.